The average Bonchev–Trinajstić information content (AvgIpc) is 2.63. The van der Waals surface area contributed by atoms with Gasteiger partial charge in [-0.25, -0.2) is 0 Å². The molecule has 0 bridgehead atoms. The van der Waals surface area contributed by atoms with Crippen LogP contribution in [-0.2, 0) is 9.53 Å². The minimum Gasteiger partial charge on any atom is -0.386 e. The van der Waals surface area contributed by atoms with E-state index in [0.29, 0.717) is 24.7 Å². The number of carbonyl (C=O) groups excluding carboxylic acids is 1. The Morgan fingerprint density at radius 3 is 3.00 bits per heavy atom. The van der Waals surface area contributed by atoms with E-state index in [1.165, 1.54) is 0 Å². The first-order valence-electron chi connectivity index (χ1n) is 6.14. The maximum Gasteiger partial charge on any atom is 0.139 e. The summed E-state index contributed by atoms with van der Waals surface area (Å²) in [5, 5.41) is 3.36. The Kier molecular flexibility index (Phi) is 3.33. The lowest BCUT2D eigenvalue weighted by Gasteiger charge is -2.27. The van der Waals surface area contributed by atoms with E-state index in [1.807, 2.05) is 0 Å². The fourth-order valence-electron chi connectivity index (χ4n) is 2.52. The molecule has 0 aromatic carbocycles. The quantitative estimate of drug-likeness (QED) is 0.795. The van der Waals surface area contributed by atoms with Crippen molar-refractivity contribution in [2.45, 2.75) is 45.6 Å². The normalized spacial score (nSPS) is 29.0. The van der Waals surface area contributed by atoms with Gasteiger partial charge in [0.1, 0.15) is 5.78 Å². The van der Waals surface area contributed by atoms with Gasteiger partial charge in [-0.2, -0.15) is 0 Å². The van der Waals surface area contributed by atoms with Gasteiger partial charge in [-0.15, -0.1) is 0 Å². The zero-order valence-electron chi connectivity index (χ0n) is 10.2. The number of carbonyl (C=O) groups is 1. The molecule has 1 N–H and O–H groups in total. The smallest absolute Gasteiger partial charge is 0.139 e. The van der Waals surface area contributed by atoms with Crippen molar-refractivity contribution in [3.8, 4) is 0 Å². The van der Waals surface area contributed by atoms with Gasteiger partial charge in [0.25, 0.3) is 0 Å². The molecule has 0 amide bonds. The topological polar surface area (TPSA) is 38.3 Å². The fraction of sp³-hybridized carbons (Fsp3) is 0.769. The van der Waals surface area contributed by atoms with Crippen LogP contribution in [0.15, 0.2) is 11.8 Å². The molecule has 0 saturated carbocycles. The maximum atomic E-state index is 11.6. The van der Waals surface area contributed by atoms with Crippen molar-refractivity contribution in [3.63, 3.8) is 0 Å². The van der Waals surface area contributed by atoms with E-state index in [-0.39, 0.29) is 5.41 Å². The van der Waals surface area contributed by atoms with Crippen LogP contribution < -0.4 is 5.32 Å². The molecule has 1 saturated heterocycles. The third-order valence-corrected chi connectivity index (χ3v) is 3.19. The van der Waals surface area contributed by atoms with Gasteiger partial charge in [0.15, 0.2) is 0 Å². The van der Waals surface area contributed by atoms with E-state index in [2.05, 4.69) is 25.2 Å². The standard InChI is InChI=1S/C13H21NO2/c1-13(2)7-10(6-11(15)8-13)14-9-12-4-3-5-16-12/h7,12,14H,3-6,8-9H2,1-2H3/t12-/m0/s1. The predicted octanol–water partition coefficient (Wildman–Crippen LogP) is 2.03. The van der Waals surface area contributed by atoms with Crippen LogP contribution in [0.2, 0.25) is 0 Å². The maximum absolute atomic E-state index is 11.6. The van der Waals surface area contributed by atoms with Crippen LogP contribution in [0.3, 0.4) is 0 Å². The predicted molar refractivity (Wildman–Crippen MR) is 63.1 cm³/mol. The Morgan fingerprint density at radius 1 is 1.56 bits per heavy atom. The summed E-state index contributed by atoms with van der Waals surface area (Å²) < 4.78 is 5.55. The minimum atomic E-state index is 0.00813. The summed E-state index contributed by atoms with van der Waals surface area (Å²) in [6, 6.07) is 0. The molecule has 3 nitrogen and oxygen atoms in total. The highest BCUT2D eigenvalue weighted by atomic mass is 16.5. The Balaban J connectivity index is 1.88. The van der Waals surface area contributed by atoms with Crippen LogP contribution in [0.5, 0.6) is 0 Å². The van der Waals surface area contributed by atoms with Crippen molar-refractivity contribution in [2.24, 2.45) is 5.41 Å². The van der Waals surface area contributed by atoms with Crippen LogP contribution in [0.25, 0.3) is 0 Å². The SMILES string of the molecule is CC1(C)C=C(NC[C@@H]2CCCO2)CC(=O)C1. The minimum absolute atomic E-state index is 0.00813. The van der Waals surface area contributed by atoms with Gasteiger partial charge < -0.3 is 10.1 Å². The van der Waals surface area contributed by atoms with Gasteiger partial charge in [-0.05, 0) is 18.3 Å². The van der Waals surface area contributed by atoms with Crippen LogP contribution in [-0.4, -0.2) is 25.0 Å². The summed E-state index contributed by atoms with van der Waals surface area (Å²) in [7, 11) is 0. The van der Waals surface area contributed by atoms with Crippen LogP contribution >= 0.6 is 0 Å². The van der Waals surface area contributed by atoms with E-state index in [4.69, 9.17) is 4.74 Å². The van der Waals surface area contributed by atoms with Gasteiger partial charge >= 0.3 is 0 Å². The van der Waals surface area contributed by atoms with Crippen molar-refractivity contribution in [3.05, 3.63) is 11.8 Å². The highest BCUT2D eigenvalue weighted by Crippen LogP contribution is 2.30. The van der Waals surface area contributed by atoms with E-state index < -0.39 is 0 Å². The number of hydrogen-bond donors (Lipinski definition) is 1. The summed E-state index contributed by atoms with van der Waals surface area (Å²) in [6.45, 7) is 5.95. The summed E-state index contributed by atoms with van der Waals surface area (Å²) >= 11 is 0. The van der Waals surface area contributed by atoms with Crippen molar-refractivity contribution in [2.75, 3.05) is 13.2 Å². The second-order valence-corrected chi connectivity index (χ2v) is 5.57. The zero-order valence-corrected chi connectivity index (χ0v) is 10.2. The number of Topliss-reactive ketones (excluding diaryl/α,β-unsaturated/α-hetero) is 1. The fourth-order valence-corrected chi connectivity index (χ4v) is 2.52. The largest absolute Gasteiger partial charge is 0.386 e. The molecule has 0 radical (unpaired) electrons. The lowest BCUT2D eigenvalue weighted by Crippen LogP contribution is -2.31. The van der Waals surface area contributed by atoms with E-state index in [1.54, 1.807) is 0 Å². The lowest BCUT2D eigenvalue weighted by atomic mass is 9.81. The summed E-state index contributed by atoms with van der Waals surface area (Å²) in [4.78, 5) is 11.6. The van der Waals surface area contributed by atoms with Gasteiger partial charge in [-0.3, -0.25) is 4.79 Å². The molecular formula is C13H21NO2. The molecule has 2 rings (SSSR count). The van der Waals surface area contributed by atoms with Gasteiger partial charge in [0, 0.05) is 31.7 Å². The van der Waals surface area contributed by atoms with Gasteiger partial charge in [0.05, 0.1) is 6.10 Å². The molecule has 0 aromatic heterocycles. The first kappa shape index (κ1) is 11.6. The lowest BCUT2D eigenvalue weighted by molar-refractivity contribution is -0.120. The molecule has 1 heterocycles. The second-order valence-electron chi connectivity index (χ2n) is 5.57. The molecule has 3 heteroatoms. The average molecular weight is 223 g/mol. The summed E-state index contributed by atoms with van der Waals surface area (Å²) in [6.07, 6.45) is 6.06. The van der Waals surface area contributed by atoms with E-state index >= 15 is 0 Å². The van der Waals surface area contributed by atoms with E-state index in [9.17, 15) is 4.79 Å². The first-order chi connectivity index (χ1) is 7.55. The highest BCUT2D eigenvalue weighted by molar-refractivity contribution is 5.83. The number of ketones is 1. The molecule has 16 heavy (non-hydrogen) atoms. The molecular weight excluding hydrogens is 202 g/mol. The molecule has 1 fully saturated rings. The number of rotatable bonds is 3. The van der Waals surface area contributed by atoms with Crippen molar-refractivity contribution in [1.82, 2.24) is 5.32 Å². The molecule has 2 aliphatic rings. The van der Waals surface area contributed by atoms with Crippen molar-refractivity contribution in [1.29, 1.82) is 0 Å². The first-order valence-corrected chi connectivity index (χ1v) is 6.14. The number of ether oxygens (including phenoxy) is 1. The third-order valence-electron chi connectivity index (χ3n) is 3.19. The Morgan fingerprint density at radius 2 is 2.38 bits per heavy atom. The molecule has 0 spiro atoms. The second kappa shape index (κ2) is 4.58. The number of hydrogen-bond acceptors (Lipinski definition) is 3. The highest BCUT2D eigenvalue weighted by Gasteiger charge is 2.26. The Hall–Kier alpha value is -0.830. The van der Waals surface area contributed by atoms with Gasteiger partial charge in [0.2, 0.25) is 0 Å². The monoisotopic (exact) mass is 223 g/mol. The van der Waals surface area contributed by atoms with E-state index in [0.717, 1.165) is 31.7 Å². The molecule has 1 atom stereocenters. The molecule has 1 aliphatic carbocycles. The molecule has 1 aliphatic heterocycles. The molecule has 0 unspecified atom stereocenters. The van der Waals surface area contributed by atoms with Crippen LogP contribution in [0.4, 0.5) is 0 Å². The summed E-state index contributed by atoms with van der Waals surface area (Å²) in [5.74, 6) is 0.336. The van der Waals surface area contributed by atoms with Crippen molar-refractivity contribution >= 4 is 5.78 Å². The molecule has 0 aromatic rings. The third kappa shape index (κ3) is 3.08. The van der Waals surface area contributed by atoms with Crippen LogP contribution in [0, 0.1) is 5.41 Å². The zero-order chi connectivity index (χ0) is 11.6. The summed E-state index contributed by atoms with van der Waals surface area (Å²) in [5.41, 5.74) is 1.09. The number of allylic oxidation sites excluding steroid dienone is 2. The molecule has 90 valence electrons. The number of nitrogens with one attached hydrogen (secondary N) is 1. The van der Waals surface area contributed by atoms with Crippen molar-refractivity contribution < 1.29 is 9.53 Å². The Bertz CT molecular complexity index is 301. The van der Waals surface area contributed by atoms with Crippen LogP contribution in [0.1, 0.15) is 39.5 Å². The van der Waals surface area contributed by atoms with Gasteiger partial charge in [-0.1, -0.05) is 19.9 Å². The Labute approximate surface area is 97.2 Å².